The van der Waals surface area contributed by atoms with Gasteiger partial charge in [-0.2, -0.15) is 5.26 Å². The zero-order valence-electron chi connectivity index (χ0n) is 11.4. The van der Waals surface area contributed by atoms with E-state index >= 15 is 0 Å². The monoisotopic (exact) mass is 270 g/mol. The average Bonchev–Trinajstić information content (AvgIpc) is 3.18. The Labute approximate surface area is 118 Å². The predicted octanol–water partition coefficient (Wildman–Crippen LogP) is 2.23. The van der Waals surface area contributed by atoms with Crippen molar-refractivity contribution in [1.82, 2.24) is 5.32 Å². The zero-order chi connectivity index (χ0) is 14.0. The van der Waals surface area contributed by atoms with Gasteiger partial charge in [-0.25, -0.2) is 0 Å². The van der Waals surface area contributed by atoms with Crippen molar-refractivity contribution in [2.75, 3.05) is 6.61 Å². The Kier molecular flexibility index (Phi) is 3.45. The van der Waals surface area contributed by atoms with E-state index in [2.05, 4.69) is 11.4 Å². The van der Waals surface area contributed by atoms with Gasteiger partial charge >= 0.3 is 0 Å². The molecule has 1 aliphatic heterocycles. The highest BCUT2D eigenvalue weighted by molar-refractivity contribution is 5.77. The molecule has 4 nitrogen and oxygen atoms in total. The summed E-state index contributed by atoms with van der Waals surface area (Å²) in [6.45, 7) is 0.831. The standard InChI is InChI=1S/C16H18N2O2/c17-11-12-2-1-3-13(10-12)16(7-8-16)18-15(19)5-4-14-6-9-20-14/h1-3,10,14H,4-9H2,(H,18,19)/t14-/m1/s1. The van der Waals surface area contributed by atoms with E-state index in [0.717, 1.165) is 37.9 Å². The lowest BCUT2D eigenvalue weighted by Gasteiger charge is -2.26. The third-order valence-electron chi connectivity index (χ3n) is 4.16. The molecule has 0 aromatic heterocycles. The Bertz CT molecular complexity index is 554. The maximum Gasteiger partial charge on any atom is 0.220 e. The van der Waals surface area contributed by atoms with Crippen molar-refractivity contribution in [1.29, 1.82) is 5.26 Å². The van der Waals surface area contributed by atoms with Crippen LogP contribution in [0.2, 0.25) is 0 Å². The molecule has 0 bridgehead atoms. The fourth-order valence-electron chi connectivity index (χ4n) is 2.63. The van der Waals surface area contributed by atoms with Crippen LogP contribution >= 0.6 is 0 Å². The number of nitrogens with one attached hydrogen (secondary N) is 1. The van der Waals surface area contributed by atoms with Crippen molar-refractivity contribution >= 4 is 5.91 Å². The summed E-state index contributed by atoms with van der Waals surface area (Å²) in [6.07, 6.45) is 4.58. The Morgan fingerprint density at radius 3 is 2.90 bits per heavy atom. The molecular weight excluding hydrogens is 252 g/mol. The predicted molar refractivity (Wildman–Crippen MR) is 73.8 cm³/mol. The van der Waals surface area contributed by atoms with Crippen LogP contribution < -0.4 is 5.32 Å². The summed E-state index contributed by atoms with van der Waals surface area (Å²) in [5, 5.41) is 12.1. The first-order chi connectivity index (χ1) is 9.72. The third-order valence-corrected chi connectivity index (χ3v) is 4.16. The first kappa shape index (κ1) is 13.1. The number of carbonyl (C=O) groups is 1. The molecule has 1 amide bonds. The summed E-state index contributed by atoms with van der Waals surface area (Å²) in [4.78, 5) is 12.0. The van der Waals surface area contributed by atoms with Crippen LogP contribution in [0.1, 0.15) is 43.2 Å². The minimum atomic E-state index is -0.232. The molecule has 2 fully saturated rings. The molecule has 20 heavy (non-hydrogen) atoms. The van der Waals surface area contributed by atoms with Gasteiger partial charge in [-0.1, -0.05) is 12.1 Å². The second-order valence-electron chi connectivity index (χ2n) is 5.64. The van der Waals surface area contributed by atoms with E-state index in [4.69, 9.17) is 10.00 Å². The Balaban J connectivity index is 1.60. The van der Waals surface area contributed by atoms with Crippen molar-refractivity contribution in [2.24, 2.45) is 0 Å². The molecule has 0 spiro atoms. The molecular formula is C16H18N2O2. The molecule has 0 unspecified atom stereocenters. The summed E-state index contributed by atoms with van der Waals surface area (Å²) in [5.74, 6) is 0.0837. The Morgan fingerprint density at radius 2 is 2.30 bits per heavy atom. The van der Waals surface area contributed by atoms with Gasteiger partial charge in [-0.3, -0.25) is 4.79 Å². The molecule has 1 aliphatic carbocycles. The number of nitrogens with zero attached hydrogens (tertiary/aromatic N) is 1. The molecule has 4 heteroatoms. The summed E-state index contributed by atoms with van der Waals surface area (Å²) in [5.41, 5.74) is 1.46. The third kappa shape index (κ3) is 2.68. The van der Waals surface area contributed by atoms with Crippen LogP contribution in [0.5, 0.6) is 0 Å². The maximum atomic E-state index is 12.0. The molecule has 2 aliphatic rings. The van der Waals surface area contributed by atoms with Gasteiger partial charge in [0.1, 0.15) is 0 Å². The van der Waals surface area contributed by atoms with Crippen molar-refractivity contribution in [3.63, 3.8) is 0 Å². The first-order valence-corrected chi connectivity index (χ1v) is 7.15. The van der Waals surface area contributed by atoms with Gasteiger partial charge in [0, 0.05) is 13.0 Å². The smallest absolute Gasteiger partial charge is 0.220 e. The van der Waals surface area contributed by atoms with Crippen LogP contribution in [-0.2, 0) is 15.1 Å². The number of ether oxygens (including phenoxy) is 1. The second kappa shape index (κ2) is 5.26. The van der Waals surface area contributed by atoms with Gasteiger partial charge in [-0.05, 0) is 43.4 Å². The lowest BCUT2D eigenvalue weighted by atomic mass is 10.0. The number of hydrogen-bond donors (Lipinski definition) is 1. The van der Waals surface area contributed by atoms with Crippen LogP contribution in [0.25, 0.3) is 0 Å². The highest BCUT2D eigenvalue weighted by Gasteiger charge is 2.45. The normalized spacial score (nSPS) is 22.4. The summed E-state index contributed by atoms with van der Waals surface area (Å²) in [6, 6.07) is 9.68. The van der Waals surface area contributed by atoms with E-state index in [1.54, 1.807) is 6.07 Å². The van der Waals surface area contributed by atoms with E-state index in [1.807, 2.05) is 18.2 Å². The first-order valence-electron chi connectivity index (χ1n) is 7.15. The van der Waals surface area contributed by atoms with Crippen LogP contribution in [0.4, 0.5) is 0 Å². The van der Waals surface area contributed by atoms with Crippen molar-refractivity contribution in [2.45, 2.75) is 43.7 Å². The van der Waals surface area contributed by atoms with Gasteiger partial charge in [0.25, 0.3) is 0 Å². The van der Waals surface area contributed by atoms with E-state index in [9.17, 15) is 4.79 Å². The molecule has 1 N–H and O–H groups in total. The molecule has 3 rings (SSSR count). The number of carbonyl (C=O) groups excluding carboxylic acids is 1. The minimum absolute atomic E-state index is 0.0837. The summed E-state index contributed by atoms with van der Waals surface area (Å²) >= 11 is 0. The van der Waals surface area contributed by atoms with Crippen LogP contribution in [0.15, 0.2) is 24.3 Å². The number of benzene rings is 1. The van der Waals surface area contributed by atoms with Crippen LogP contribution in [0.3, 0.4) is 0 Å². The average molecular weight is 270 g/mol. The van der Waals surface area contributed by atoms with Crippen molar-refractivity contribution in [3.05, 3.63) is 35.4 Å². The fraction of sp³-hybridized carbons (Fsp3) is 0.500. The van der Waals surface area contributed by atoms with Gasteiger partial charge in [0.2, 0.25) is 5.91 Å². The van der Waals surface area contributed by atoms with Crippen LogP contribution in [-0.4, -0.2) is 18.6 Å². The summed E-state index contributed by atoms with van der Waals surface area (Å²) < 4.78 is 5.33. The van der Waals surface area contributed by atoms with E-state index in [0.29, 0.717) is 12.0 Å². The maximum absolute atomic E-state index is 12.0. The topological polar surface area (TPSA) is 62.1 Å². The summed E-state index contributed by atoms with van der Waals surface area (Å²) in [7, 11) is 0. The number of rotatable bonds is 5. The molecule has 1 heterocycles. The molecule has 1 atom stereocenters. The lowest BCUT2D eigenvalue weighted by molar-refractivity contribution is -0.124. The Hall–Kier alpha value is -1.86. The zero-order valence-corrected chi connectivity index (χ0v) is 11.4. The molecule has 1 saturated carbocycles. The van der Waals surface area contributed by atoms with Gasteiger partial charge < -0.3 is 10.1 Å². The molecule has 0 radical (unpaired) electrons. The molecule has 1 aromatic carbocycles. The van der Waals surface area contributed by atoms with Crippen LogP contribution in [0, 0.1) is 11.3 Å². The van der Waals surface area contributed by atoms with Gasteiger partial charge in [0.05, 0.1) is 23.3 Å². The highest BCUT2D eigenvalue weighted by Crippen LogP contribution is 2.45. The fourth-order valence-corrected chi connectivity index (χ4v) is 2.63. The van der Waals surface area contributed by atoms with Gasteiger partial charge in [-0.15, -0.1) is 0 Å². The highest BCUT2D eigenvalue weighted by atomic mass is 16.5. The number of nitriles is 1. The largest absolute Gasteiger partial charge is 0.378 e. The van der Waals surface area contributed by atoms with Crippen molar-refractivity contribution < 1.29 is 9.53 Å². The second-order valence-corrected chi connectivity index (χ2v) is 5.64. The lowest BCUT2D eigenvalue weighted by Crippen LogP contribution is -2.36. The SMILES string of the molecule is N#Cc1cccc(C2(NC(=O)CC[C@@H]3CCO3)CC2)c1. The van der Waals surface area contributed by atoms with Crippen molar-refractivity contribution in [3.8, 4) is 6.07 Å². The molecule has 104 valence electrons. The molecule has 1 saturated heterocycles. The van der Waals surface area contributed by atoms with E-state index < -0.39 is 0 Å². The van der Waals surface area contributed by atoms with Gasteiger partial charge in [0.15, 0.2) is 0 Å². The number of amides is 1. The number of hydrogen-bond acceptors (Lipinski definition) is 3. The Morgan fingerprint density at radius 1 is 1.50 bits per heavy atom. The quantitative estimate of drug-likeness (QED) is 0.892. The minimum Gasteiger partial charge on any atom is -0.378 e. The van der Waals surface area contributed by atoms with E-state index in [1.165, 1.54) is 0 Å². The molecule has 1 aromatic rings. The van der Waals surface area contributed by atoms with E-state index in [-0.39, 0.29) is 17.6 Å².